The lowest BCUT2D eigenvalue weighted by Gasteiger charge is -2.24. The number of nitro benzene ring substituents is 1. The van der Waals surface area contributed by atoms with E-state index in [1.807, 2.05) is 0 Å². The fourth-order valence-corrected chi connectivity index (χ4v) is 5.74. The number of esters is 1. The van der Waals surface area contributed by atoms with Crippen molar-refractivity contribution in [2.45, 2.75) is 19.9 Å². The first-order valence-corrected chi connectivity index (χ1v) is 14.0. The van der Waals surface area contributed by atoms with Crippen LogP contribution >= 0.6 is 11.3 Å². The Morgan fingerprint density at radius 3 is 2.60 bits per heavy atom. The summed E-state index contributed by atoms with van der Waals surface area (Å²) in [5, 5.41) is 11.7. The van der Waals surface area contributed by atoms with Crippen LogP contribution in [-0.4, -0.2) is 35.8 Å². The van der Waals surface area contributed by atoms with Gasteiger partial charge in [-0.05, 0) is 55.8 Å². The lowest BCUT2D eigenvalue weighted by Crippen LogP contribution is -2.39. The molecule has 0 spiro atoms. The number of nitro groups is 1. The molecule has 12 heteroatoms. The number of nitrogens with zero attached hydrogens (tertiary/aromatic N) is 3. The van der Waals surface area contributed by atoms with Crippen LogP contribution in [0.2, 0.25) is 0 Å². The predicted molar refractivity (Wildman–Crippen MR) is 160 cm³/mol. The molecule has 0 radical (unpaired) electrons. The maximum absolute atomic E-state index is 13.9. The van der Waals surface area contributed by atoms with E-state index < -0.39 is 16.9 Å². The van der Waals surface area contributed by atoms with Crippen molar-refractivity contribution in [1.29, 1.82) is 0 Å². The number of ether oxygens (including phenoxy) is 3. The van der Waals surface area contributed by atoms with Gasteiger partial charge in [0.2, 0.25) is 0 Å². The number of hydrogen-bond acceptors (Lipinski definition) is 10. The smallest absolute Gasteiger partial charge is 0.338 e. The van der Waals surface area contributed by atoms with E-state index in [0.717, 1.165) is 11.3 Å². The number of carbonyl (C=O) groups excluding carboxylic acids is 1. The fourth-order valence-electron chi connectivity index (χ4n) is 4.71. The Labute approximate surface area is 249 Å². The number of aromatic nitrogens is 1. The van der Waals surface area contributed by atoms with E-state index in [9.17, 15) is 19.7 Å². The van der Waals surface area contributed by atoms with Crippen molar-refractivity contribution in [3.63, 3.8) is 0 Å². The first-order valence-electron chi connectivity index (χ1n) is 13.2. The van der Waals surface area contributed by atoms with Crippen LogP contribution < -0.4 is 24.4 Å². The van der Waals surface area contributed by atoms with Crippen LogP contribution in [0.1, 0.15) is 31.2 Å². The number of hydrogen-bond donors (Lipinski definition) is 0. The molecule has 1 atom stereocenters. The Kier molecular flexibility index (Phi) is 8.39. The van der Waals surface area contributed by atoms with Crippen LogP contribution in [0, 0.1) is 10.1 Å². The maximum Gasteiger partial charge on any atom is 0.338 e. The number of thiazole rings is 1. The molecule has 0 unspecified atom stereocenters. The highest BCUT2D eigenvalue weighted by Gasteiger charge is 2.33. The van der Waals surface area contributed by atoms with Gasteiger partial charge in [0.1, 0.15) is 29.6 Å². The number of rotatable bonds is 10. The summed E-state index contributed by atoms with van der Waals surface area (Å²) in [5.41, 5.74) is 1.07. The third-order valence-electron chi connectivity index (χ3n) is 6.65. The quantitative estimate of drug-likeness (QED) is 0.112. The largest absolute Gasteiger partial charge is 0.497 e. The highest BCUT2D eigenvalue weighted by Crippen LogP contribution is 2.35. The number of allylic oxidation sites excluding steroid dienone is 1. The van der Waals surface area contributed by atoms with Gasteiger partial charge in [-0.3, -0.25) is 19.5 Å². The van der Waals surface area contributed by atoms with Crippen molar-refractivity contribution in [3.05, 3.63) is 120 Å². The summed E-state index contributed by atoms with van der Waals surface area (Å²) < 4.78 is 23.7. The Hall–Kier alpha value is -5.23. The molecule has 0 aliphatic carbocycles. The van der Waals surface area contributed by atoms with E-state index in [0.29, 0.717) is 44.5 Å². The summed E-state index contributed by atoms with van der Waals surface area (Å²) in [5.74, 6) is 0.957. The standard InChI is InChI=1S/C31H27N3O8S/c1-5-15-41-20-9-7-19(8-10-20)28-27(30(36)40-6-2)18(3)32-31-33(28)29(35)26(43-31)17-22-12-14-25(42-22)23-13-11-21(39-4)16-24(23)34(37)38/h5,7-14,16-17,28H,1,6,15H2,2-4H3/b26-17-/t28-/m1/s1. The van der Waals surface area contributed by atoms with Gasteiger partial charge in [0, 0.05) is 6.08 Å². The van der Waals surface area contributed by atoms with Crippen molar-refractivity contribution in [1.82, 2.24) is 4.57 Å². The van der Waals surface area contributed by atoms with Gasteiger partial charge in [0.05, 0.1) is 52.1 Å². The highest BCUT2D eigenvalue weighted by atomic mass is 32.1. The summed E-state index contributed by atoms with van der Waals surface area (Å²) in [6.45, 7) is 7.57. The molecular weight excluding hydrogens is 574 g/mol. The Morgan fingerprint density at radius 2 is 1.93 bits per heavy atom. The maximum atomic E-state index is 13.9. The van der Waals surface area contributed by atoms with Crippen molar-refractivity contribution in [3.8, 4) is 22.8 Å². The normalized spacial score (nSPS) is 14.6. The summed E-state index contributed by atoms with van der Waals surface area (Å²) in [7, 11) is 1.43. The molecule has 0 N–H and O–H groups in total. The molecule has 0 saturated heterocycles. The van der Waals surface area contributed by atoms with Crippen LogP contribution in [-0.2, 0) is 9.53 Å². The van der Waals surface area contributed by atoms with Crippen molar-refractivity contribution in [2.75, 3.05) is 20.3 Å². The summed E-state index contributed by atoms with van der Waals surface area (Å²) in [4.78, 5) is 43.1. The highest BCUT2D eigenvalue weighted by molar-refractivity contribution is 7.07. The van der Waals surface area contributed by atoms with E-state index in [-0.39, 0.29) is 34.8 Å². The van der Waals surface area contributed by atoms with E-state index in [4.69, 9.17) is 18.6 Å². The second-order valence-electron chi connectivity index (χ2n) is 9.31. The zero-order chi connectivity index (χ0) is 30.7. The summed E-state index contributed by atoms with van der Waals surface area (Å²) >= 11 is 1.14. The summed E-state index contributed by atoms with van der Waals surface area (Å²) in [6.07, 6.45) is 3.19. The zero-order valence-corrected chi connectivity index (χ0v) is 24.4. The average molecular weight is 602 g/mol. The molecule has 0 bridgehead atoms. The van der Waals surface area contributed by atoms with Crippen molar-refractivity contribution < 1.29 is 28.3 Å². The fraction of sp³-hybridized carbons (Fsp3) is 0.194. The van der Waals surface area contributed by atoms with Gasteiger partial charge in [0.25, 0.3) is 11.2 Å². The van der Waals surface area contributed by atoms with Gasteiger partial charge in [-0.15, -0.1) is 0 Å². The Balaban J connectivity index is 1.60. The van der Waals surface area contributed by atoms with Crippen molar-refractivity contribution in [2.24, 2.45) is 4.99 Å². The number of furan rings is 1. The first kappa shape index (κ1) is 29.3. The zero-order valence-electron chi connectivity index (χ0n) is 23.6. The second kappa shape index (κ2) is 12.3. The second-order valence-corrected chi connectivity index (χ2v) is 10.3. The lowest BCUT2D eigenvalue weighted by molar-refractivity contribution is -0.384. The number of methoxy groups -OCH3 is 1. The minimum absolute atomic E-state index is 0.161. The van der Waals surface area contributed by atoms with Crippen LogP contribution in [0.3, 0.4) is 0 Å². The average Bonchev–Trinajstić information content (AvgIpc) is 3.59. The molecule has 0 saturated carbocycles. The van der Waals surface area contributed by atoms with Crippen LogP contribution in [0.4, 0.5) is 5.69 Å². The first-order chi connectivity index (χ1) is 20.7. The van der Waals surface area contributed by atoms with Crippen LogP contribution in [0.15, 0.2) is 92.7 Å². The number of carbonyl (C=O) groups is 1. The minimum atomic E-state index is -0.792. The minimum Gasteiger partial charge on any atom is -0.497 e. The molecule has 3 heterocycles. The molecule has 1 aliphatic rings. The summed E-state index contributed by atoms with van der Waals surface area (Å²) in [6, 6.07) is 14.0. The molecule has 43 heavy (non-hydrogen) atoms. The molecule has 220 valence electrons. The molecule has 0 fully saturated rings. The molecule has 5 rings (SSSR count). The van der Waals surface area contributed by atoms with Gasteiger partial charge in [-0.25, -0.2) is 9.79 Å². The molecule has 11 nitrogen and oxygen atoms in total. The number of benzene rings is 2. The van der Waals surface area contributed by atoms with Crippen LogP contribution in [0.25, 0.3) is 17.4 Å². The van der Waals surface area contributed by atoms with Gasteiger partial charge in [0.15, 0.2) is 4.80 Å². The van der Waals surface area contributed by atoms with Gasteiger partial charge >= 0.3 is 5.97 Å². The molecule has 1 aliphatic heterocycles. The Morgan fingerprint density at radius 1 is 1.19 bits per heavy atom. The Bertz CT molecular complexity index is 1930. The third kappa shape index (κ3) is 5.77. The molecule has 4 aromatic rings. The molecule has 0 amide bonds. The van der Waals surface area contributed by atoms with Crippen LogP contribution in [0.5, 0.6) is 11.5 Å². The van der Waals surface area contributed by atoms with Gasteiger partial charge in [-0.2, -0.15) is 0 Å². The number of fused-ring (bicyclic) bond motifs is 1. The monoisotopic (exact) mass is 601 g/mol. The molecule has 2 aromatic carbocycles. The van der Waals surface area contributed by atoms with Gasteiger partial charge < -0.3 is 18.6 Å². The van der Waals surface area contributed by atoms with E-state index in [1.54, 1.807) is 74.5 Å². The lowest BCUT2D eigenvalue weighted by atomic mass is 9.96. The van der Waals surface area contributed by atoms with E-state index in [2.05, 4.69) is 11.6 Å². The van der Waals surface area contributed by atoms with E-state index in [1.165, 1.54) is 17.7 Å². The predicted octanol–water partition coefficient (Wildman–Crippen LogP) is 4.54. The third-order valence-corrected chi connectivity index (χ3v) is 7.63. The topological polar surface area (TPSA) is 135 Å². The molecular formula is C31H27N3O8S. The van der Waals surface area contributed by atoms with Gasteiger partial charge in [-0.1, -0.05) is 36.1 Å². The SMILES string of the molecule is C=CCOc1ccc([C@@H]2C(C(=O)OCC)=C(C)N=c3s/c(=C\c4ccc(-c5ccc(OC)cc5[N+](=O)[O-])o4)c(=O)n32)cc1. The molecule has 2 aromatic heterocycles. The van der Waals surface area contributed by atoms with Crippen molar-refractivity contribution >= 4 is 29.1 Å². The van der Waals surface area contributed by atoms with E-state index >= 15 is 0 Å².